The van der Waals surface area contributed by atoms with Crippen LogP contribution in [0.15, 0.2) is 60.9 Å². The Hall–Kier alpha value is -3.48. The number of nitrogens with zero attached hydrogens (tertiary/aromatic N) is 2. The quantitative estimate of drug-likeness (QED) is 0.601. The van der Waals surface area contributed by atoms with Gasteiger partial charge in [0.2, 0.25) is 5.95 Å². The van der Waals surface area contributed by atoms with Crippen molar-refractivity contribution in [2.75, 3.05) is 11.9 Å². The molecule has 7 heteroatoms. The third-order valence-corrected chi connectivity index (χ3v) is 4.02. The summed E-state index contributed by atoms with van der Waals surface area (Å²) < 4.78 is 18.7. The molecule has 0 bridgehead atoms. The van der Waals surface area contributed by atoms with E-state index in [1.807, 2.05) is 38.1 Å². The number of ether oxygens (including phenoxy) is 1. The minimum Gasteiger partial charge on any atom is -0.489 e. The Morgan fingerprint density at radius 2 is 1.76 bits per heavy atom. The zero-order chi connectivity index (χ0) is 20.6. The Kier molecular flexibility index (Phi) is 6.73. The monoisotopic (exact) mass is 394 g/mol. The van der Waals surface area contributed by atoms with Crippen LogP contribution in [0.3, 0.4) is 0 Å². The van der Waals surface area contributed by atoms with Crippen LogP contribution in [0.2, 0.25) is 0 Å². The maximum Gasteiger partial charge on any atom is 0.254 e. The standard InChI is InChI=1S/C22H23FN4O2/c1-15(2)29-20-6-4-3-5-19(20)27-22-25-13-17(14-26-22)21(28)24-12-11-16-7-9-18(23)10-8-16/h3-10,13-15H,11-12H2,1-2H3,(H,24,28)(H,25,26,27). The number of halogens is 1. The van der Waals surface area contributed by atoms with Gasteiger partial charge in [0.05, 0.1) is 17.4 Å². The summed E-state index contributed by atoms with van der Waals surface area (Å²) in [6, 6.07) is 13.7. The molecule has 0 saturated carbocycles. The molecule has 0 aliphatic rings. The molecule has 29 heavy (non-hydrogen) atoms. The van der Waals surface area contributed by atoms with E-state index in [1.165, 1.54) is 24.5 Å². The van der Waals surface area contributed by atoms with E-state index in [9.17, 15) is 9.18 Å². The number of rotatable bonds is 8. The predicted molar refractivity (Wildman–Crippen MR) is 110 cm³/mol. The average molecular weight is 394 g/mol. The summed E-state index contributed by atoms with van der Waals surface area (Å²) in [6.45, 7) is 4.35. The van der Waals surface area contributed by atoms with Crippen molar-refractivity contribution in [1.29, 1.82) is 0 Å². The summed E-state index contributed by atoms with van der Waals surface area (Å²) in [7, 11) is 0. The minimum atomic E-state index is -0.276. The molecule has 0 fully saturated rings. The first kappa shape index (κ1) is 20.3. The van der Waals surface area contributed by atoms with E-state index in [1.54, 1.807) is 12.1 Å². The summed E-state index contributed by atoms with van der Waals surface area (Å²) in [5.74, 6) is 0.533. The van der Waals surface area contributed by atoms with Crippen molar-refractivity contribution >= 4 is 17.5 Å². The van der Waals surface area contributed by atoms with Crippen molar-refractivity contribution in [2.24, 2.45) is 0 Å². The number of amides is 1. The number of carbonyl (C=O) groups excluding carboxylic acids is 1. The van der Waals surface area contributed by atoms with Gasteiger partial charge in [0.15, 0.2) is 0 Å². The second-order valence-electron chi connectivity index (χ2n) is 6.72. The van der Waals surface area contributed by atoms with Crippen molar-refractivity contribution in [2.45, 2.75) is 26.4 Å². The molecule has 0 aliphatic carbocycles. The van der Waals surface area contributed by atoms with E-state index in [4.69, 9.17) is 4.74 Å². The van der Waals surface area contributed by atoms with Crippen LogP contribution in [0.25, 0.3) is 0 Å². The van der Waals surface area contributed by atoms with Gasteiger partial charge in [0, 0.05) is 18.9 Å². The summed E-state index contributed by atoms with van der Waals surface area (Å²) in [5.41, 5.74) is 2.06. The molecule has 0 atom stereocenters. The maximum absolute atomic E-state index is 12.9. The number of nitrogens with one attached hydrogen (secondary N) is 2. The lowest BCUT2D eigenvalue weighted by Gasteiger charge is -2.14. The number of benzene rings is 2. The number of carbonyl (C=O) groups is 1. The Bertz CT molecular complexity index is 944. The van der Waals surface area contributed by atoms with Crippen LogP contribution in [0.5, 0.6) is 5.75 Å². The normalized spacial score (nSPS) is 10.6. The summed E-state index contributed by atoms with van der Waals surface area (Å²) in [5, 5.41) is 5.91. The summed E-state index contributed by atoms with van der Waals surface area (Å²) in [6.07, 6.45) is 3.59. The van der Waals surface area contributed by atoms with Gasteiger partial charge in [-0.05, 0) is 50.1 Å². The minimum absolute atomic E-state index is 0.0415. The molecule has 0 radical (unpaired) electrons. The molecule has 3 rings (SSSR count). The van der Waals surface area contributed by atoms with Crippen molar-refractivity contribution in [3.8, 4) is 5.75 Å². The fourth-order valence-corrected chi connectivity index (χ4v) is 2.63. The van der Waals surface area contributed by atoms with Crippen molar-refractivity contribution in [1.82, 2.24) is 15.3 Å². The van der Waals surface area contributed by atoms with E-state index >= 15 is 0 Å². The maximum atomic E-state index is 12.9. The lowest BCUT2D eigenvalue weighted by molar-refractivity contribution is 0.0953. The molecule has 0 unspecified atom stereocenters. The van der Waals surface area contributed by atoms with E-state index in [0.29, 0.717) is 30.2 Å². The van der Waals surface area contributed by atoms with Gasteiger partial charge >= 0.3 is 0 Å². The lowest BCUT2D eigenvalue weighted by atomic mass is 10.1. The van der Waals surface area contributed by atoms with Crippen LogP contribution in [-0.4, -0.2) is 28.5 Å². The van der Waals surface area contributed by atoms with E-state index in [-0.39, 0.29) is 17.8 Å². The zero-order valence-corrected chi connectivity index (χ0v) is 16.4. The molecule has 3 aromatic rings. The Balaban J connectivity index is 1.55. The molecule has 1 heterocycles. The number of hydrogen-bond acceptors (Lipinski definition) is 5. The molecule has 1 amide bonds. The molecule has 1 aromatic heterocycles. The third-order valence-electron chi connectivity index (χ3n) is 4.02. The predicted octanol–water partition coefficient (Wildman–Crippen LogP) is 4.12. The van der Waals surface area contributed by atoms with E-state index < -0.39 is 0 Å². The highest BCUT2D eigenvalue weighted by molar-refractivity contribution is 5.93. The third kappa shape index (κ3) is 6.00. The van der Waals surface area contributed by atoms with E-state index in [0.717, 1.165) is 11.3 Å². The molecule has 2 N–H and O–H groups in total. The summed E-state index contributed by atoms with van der Waals surface area (Å²) in [4.78, 5) is 20.7. The second kappa shape index (κ2) is 9.64. The largest absolute Gasteiger partial charge is 0.489 e. The van der Waals surface area contributed by atoms with Gasteiger partial charge in [-0.25, -0.2) is 14.4 Å². The Labute approximate surface area is 169 Å². The van der Waals surface area contributed by atoms with Gasteiger partial charge in [-0.15, -0.1) is 0 Å². The van der Waals surface area contributed by atoms with E-state index in [2.05, 4.69) is 20.6 Å². The van der Waals surface area contributed by atoms with Gasteiger partial charge in [0.25, 0.3) is 5.91 Å². The Morgan fingerprint density at radius 3 is 2.45 bits per heavy atom. The first-order valence-electron chi connectivity index (χ1n) is 9.38. The van der Waals surface area contributed by atoms with Crippen molar-refractivity contribution < 1.29 is 13.9 Å². The topological polar surface area (TPSA) is 76.1 Å². The van der Waals surface area contributed by atoms with Crippen LogP contribution in [0, 0.1) is 5.82 Å². The molecule has 0 spiro atoms. The first-order chi connectivity index (χ1) is 14.0. The number of aromatic nitrogens is 2. The lowest BCUT2D eigenvalue weighted by Crippen LogP contribution is -2.26. The second-order valence-corrected chi connectivity index (χ2v) is 6.72. The number of anilines is 2. The highest BCUT2D eigenvalue weighted by atomic mass is 19.1. The van der Waals surface area contributed by atoms with Gasteiger partial charge in [-0.3, -0.25) is 4.79 Å². The molecule has 6 nitrogen and oxygen atoms in total. The SMILES string of the molecule is CC(C)Oc1ccccc1Nc1ncc(C(=O)NCCc2ccc(F)cc2)cn1. The van der Waals surface area contributed by atoms with Crippen LogP contribution in [0.4, 0.5) is 16.0 Å². The van der Waals surface area contributed by atoms with Gasteiger partial charge in [-0.2, -0.15) is 0 Å². The Morgan fingerprint density at radius 1 is 1.07 bits per heavy atom. The van der Waals surface area contributed by atoms with Crippen LogP contribution >= 0.6 is 0 Å². The van der Waals surface area contributed by atoms with Crippen molar-refractivity contribution in [3.63, 3.8) is 0 Å². The smallest absolute Gasteiger partial charge is 0.254 e. The fraction of sp³-hybridized carbons (Fsp3) is 0.227. The van der Waals surface area contributed by atoms with Crippen LogP contribution in [0.1, 0.15) is 29.8 Å². The zero-order valence-electron chi connectivity index (χ0n) is 16.4. The molecule has 0 aliphatic heterocycles. The number of hydrogen-bond donors (Lipinski definition) is 2. The van der Waals surface area contributed by atoms with Gasteiger partial charge in [0.1, 0.15) is 11.6 Å². The molecule has 150 valence electrons. The molecular weight excluding hydrogens is 371 g/mol. The summed E-state index contributed by atoms with van der Waals surface area (Å²) >= 11 is 0. The average Bonchev–Trinajstić information content (AvgIpc) is 2.71. The first-order valence-corrected chi connectivity index (χ1v) is 9.38. The highest BCUT2D eigenvalue weighted by Gasteiger charge is 2.09. The van der Waals surface area contributed by atoms with Crippen molar-refractivity contribution in [3.05, 3.63) is 77.9 Å². The van der Waals surface area contributed by atoms with Crippen LogP contribution < -0.4 is 15.4 Å². The highest BCUT2D eigenvalue weighted by Crippen LogP contribution is 2.26. The molecule has 2 aromatic carbocycles. The molecule has 0 saturated heterocycles. The number of para-hydroxylation sites is 2. The molecular formula is C22H23FN4O2. The fourth-order valence-electron chi connectivity index (χ4n) is 2.63. The van der Waals surface area contributed by atoms with Gasteiger partial charge in [-0.1, -0.05) is 24.3 Å². The van der Waals surface area contributed by atoms with Crippen LogP contribution in [-0.2, 0) is 6.42 Å². The van der Waals surface area contributed by atoms with Gasteiger partial charge < -0.3 is 15.4 Å².